The average molecular weight is 569 g/mol. The predicted octanol–water partition coefficient (Wildman–Crippen LogP) is 0.392. The number of aliphatic carboxylic acids is 2. The van der Waals surface area contributed by atoms with Crippen LogP contribution in [0.25, 0.3) is 0 Å². The highest BCUT2D eigenvalue weighted by molar-refractivity contribution is 7.88. The van der Waals surface area contributed by atoms with E-state index in [0.717, 1.165) is 24.3 Å². The van der Waals surface area contributed by atoms with Crippen molar-refractivity contribution in [3.05, 3.63) is 17.0 Å². The molecule has 19 heteroatoms. The van der Waals surface area contributed by atoms with Gasteiger partial charge in [0, 0.05) is 45.3 Å². The van der Waals surface area contributed by atoms with Crippen LogP contribution in [-0.4, -0.2) is 119 Å². The Bertz CT molecular complexity index is 1070. The van der Waals surface area contributed by atoms with Gasteiger partial charge in [-0.25, -0.2) is 18.0 Å². The summed E-state index contributed by atoms with van der Waals surface area (Å²) in [6.45, 7) is 3.83. The maximum atomic E-state index is 12.8. The number of likely N-dealkylation sites (N-methyl/N-ethyl adjacent to an activating group) is 1. The van der Waals surface area contributed by atoms with Crippen LogP contribution >= 0.6 is 0 Å². The highest BCUT2D eigenvalue weighted by Crippen LogP contribution is 2.24. The van der Waals surface area contributed by atoms with Gasteiger partial charge in [-0.15, -0.1) is 0 Å². The summed E-state index contributed by atoms with van der Waals surface area (Å²) in [4.78, 5) is 34.6. The third-order valence-electron chi connectivity index (χ3n) is 5.16. The van der Waals surface area contributed by atoms with Gasteiger partial charge in [0.15, 0.2) is 5.69 Å². The Morgan fingerprint density at radius 3 is 1.68 bits per heavy atom. The number of carboxylic acid groups (broad SMARTS) is 2. The minimum Gasteiger partial charge on any atom is -0.475 e. The van der Waals surface area contributed by atoms with Gasteiger partial charge in [-0.05, 0) is 13.5 Å². The second-order valence-corrected chi connectivity index (χ2v) is 9.93. The third kappa shape index (κ3) is 9.47. The number of carbonyl (C=O) groups is 3. The number of carbonyl (C=O) groups excluding carboxylic acids is 1. The summed E-state index contributed by atoms with van der Waals surface area (Å²) in [7, 11) is 0.583. The number of halogens is 6. The molecule has 0 atom stereocenters. The summed E-state index contributed by atoms with van der Waals surface area (Å²) in [5.41, 5.74) is 2.20. The molecular formula is C18H25F6N5O7S. The molecule has 0 aromatic carbocycles. The van der Waals surface area contributed by atoms with E-state index < -0.39 is 34.3 Å². The summed E-state index contributed by atoms with van der Waals surface area (Å²) in [5.74, 6) is -5.55. The van der Waals surface area contributed by atoms with Gasteiger partial charge in [0.05, 0.1) is 18.5 Å². The number of fused-ring (bicyclic) bond motifs is 1. The van der Waals surface area contributed by atoms with Crippen LogP contribution in [0.3, 0.4) is 0 Å². The smallest absolute Gasteiger partial charge is 0.475 e. The fourth-order valence-electron chi connectivity index (χ4n) is 3.16. The molecule has 0 unspecified atom stereocenters. The van der Waals surface area contributed by atoms with Crippen molar-refractivity contribution >= 4 is 27.9 Å². The molecule has 0 aliphatic carbocycles. The molecule has 0 saturated carbocycles. The van der Waals surface area contributed by atoms with Gasteiger partial charge >= 0.3 is 24.3 Å². The number of aryl methyl sites for hydroxylation is 1. The van der Waals surface area contributed by atoms with E-state index in [4.69, 9.17) is 19.8 Å². The molecule has 2 aliphatic heterocycles. The standard InChI is InChI=1S/C14H23N5O3S.2C2HF3O2/c1-16-6-8-18(9-7-16)14(20)13-11-4-5-19(23(3,21)22)10-12(11)17(2)15-13;2*3-2(4,5)1(6)7/h4-10H2,1-3H3;2*(H,6,7). The normalized spacial score (nSPS) is 17.1. The zero-order valence-electron chi connectivity index (χ0n) is 19.8. The van der Waals surface area contributed by atoms with Crippen molar-refractivity contribution < 1.29 is 59.4 Å². The van der Waals surface area contributed by atoms with Gasteiger partial charge in [-0.3, -0.25) is 9.48 Å². The van der Waals surface area contributed by atoms with Gasteiger partial charge in [0.2, 0.25) is 10.0 Å². The van der Waals surface area contributed by atoms with Crippen LogP contribution < -0.4 is 0 Å². The van der Waals surface area contributed by atoms with Crippen LogP contribution in [0, 0.1) is 0 Å². The first-order valence-corrected chi connectivity index (χ1v) is 12.1. The monoisotopic (exact) mass is 569 g/mol. The van der Waals surface area contributed by atoms with Gasteiger partial charge < -0.3 is 20.0 Å². The van der Waals surface area contributed by atoms with Crippen molar-refractivity contribution in [1.29, 1.82) is 0 Å². The summed E-state index contributed by atoms with van der Waals surface area (Å²) >= 11 is 0. The molecule has 2 N–H and O–H groups in total. The molecule has 1 aromatic rings. The van der Waals surface area contributed by atoms with Gasteiger partial charge in [-0.2, -0.15) is 35.7 Å². The predicted molar refractivity (Wildman–Crippen MR) is 113 cm³/mol. The molecule has 2 aliphatic rings. The van der Waals surface area contributed by atoms with E-state index in [1.165, 1.54) is 10.6 Å². The number of hydrogen-bond acceptors (Lipinski definition) is 7. The number of piperazine rings is 1. The zero-order valence-corrected chi connectivity index (χ0v) is 20.6. The maximum absolute atomic E-state index is 12.8. The van der Waals surface area contributed by atoms with Crippen molar-refractivity contribution in [3.63, 3.8) is 0 Å². The fraction of sp³-hybridized carbons (Fsp3) is 0.667. The van der Waals surface area contributed by atoms with E-state index in [0.29, 0.717) is 31.7 Å². The first kappa shape index (κ1) is 32.1. The Balaban J connectivity index is 0.000000404. The minimum absolute atomic E-state index is 0.0391. The van der Waals surface area contributed by atoms with Crippen molar-refractivity contribution in [1.82, 2.24) is 23.9 Å². The molecular weight excluding hydrogens is 544 g/mol. The molecule has 0 bridgehead atoms. The van der Waals surface area contributed by atoms with Gasteiger partial charge in [-0.1, -0.05) is 0 Å². The van der Waals surface area contributed by atoms with Crippen LogP contribution in [0.1, 0.15) is 21.7 Å². The Morgan fingerprint density at radius 1 is 0.865 bits per heavy atom. The number of amides is 1. The van der Waals surface area contributed by atoms with E-state index in [-0.39, 0.29) is 12.5 Å². The van der Waals surface area contributed by atoms with Crippen molar-refractivity contribution in [2.24, 2.45) is 7.05 Å². The van der Waals surface area contributed by atoms with Crippen molar-refractivity contribution in [2.45, 2.75) is 25.3 Å². The van der Waals surface area contributed by atoms with Crippen LogP contribution in [0.15, 0.2) is 0 Å². The third-order valence-corrected chi connectivity index (χ3v) is 6.41. The first-order chi connectivity index (χ1) is 16.7. The van der Waals surface area contributed by atoms with E-state index in [1.54, 1.807) is 11.7 Å². The average Bonchev–Trinajstić information content (AvgIpc) is 3.09. The molecule has 37 heavy (non-hydrogen) atoms. The lowest BCUT2D eigenvalue weighted by Crippen LogP contribution is -2.47. The van der Waals surface area contributed by atoms with E-state index in [9.17, 15) is 39.6 Å². The zero-order chi connectivity index (χ0) is 28.9. The second-order valence-electron chi connectivity index (χ2n) is 7.95. The van der Waals surface area contributed by atoms with E-state index >= 15 is 0 Å². The molecule has 1 fully saturated rings. The molecule has 3 heterocycles. The Labute approximate surface area is 207 Å². The minimum atomic E-state index is -5.08. The summed E-state index contributed by atoms with van der Waals surface area (Å²) in [5, 5.41) is 18.6. The quantitative estimate of drug-likeness (QED) is 0.482. The topological polar surface area (TPSA) is 153 Å². The van der Waals surface area contributed by atoms with Crippen LogP contribution in [0.2, 0.25) is 0 Å². The van der Waals surface area contributed by atoms with Crippen molar-refractivity contribution in [3.8, 4) is 0 Å². The lowest BCUT2D eigenvalue weighted by atomic mass is 10.0. The number of alkyl halides is 6. The van der Waals surface area contributed by atoms with Gasteiger partial charge in [0.1, 0.15) is 0 Å². The molecule has 12 nitrogen and oxygen atoms in total. The SMILES string of the molecule is CN1CCN(C(=O)c2nn(C)c3c2CCN(S(C)(=O)=O)C3)CC1.O=C(O)C(F)(F)F.O=C(O)C(F)(F)F. The Hall–Kier alpha value is -2.93. The lowest BCUT2D eigenvalue weighted by Gasteiger charge is -2.32. The number of hydrogen-bond donors (Lipinski definition) is 2. The van der Waals surface area contributed by atoms with Gasteiger partial charge in [0.25, 0.3) is 5.91 Å². The molecule has 1 saturated heterocycles. The number of sulfonamides is 1. The van der Waals surface area contributed by atoms with Crippen LogP contribution in [0.4, 0.5) is 26.3 Å². The van der Waals surface area contributed by atoms with Crippen molar-refractivity contribution in [2.75, 3.05) is 46.0 Å². The molecule has 3 rings (SSSR count). The molecule has 0 radical (unpaired) electrons. The molecule has 1 amide bonds. The maximum Gasteiger partial charge on any atom is 0.490 e. The molecule has 212 valence electrons. The van der Waals surface area contributed by atoms with Crippen LogP contribution in [-0.2, 0) is 39.6 Å². The van der Waals surface area contributed by atoms with E-state index in [1.807, 2.05) is 11.9 Å². The highest BCUT2D eigenvalue weighted by atomic mass is 32.2. The molecule has 1 aromatic heterocycles. The summed E-state index contributed by atoms with van der Waals surface area (Å²) in [6.07, 6.45) is -8.42. The number of aromatic nitrogens is 2. The number of carboxylic acids is 2. The Kier molecular flexibility index (Phi) is 10.5. The highest BCUT2D eigenvalue weighted by Gasteiger charge is 2.39. The summed E-state index contributed by atoms with van der Waals surface area (Å²) in [6, 6.07) is 0. The first-order valence-electron chi connectivity index (χ1n) is 10.2. The largest absolute Gasteiger partial charge is 0.490 e. The van der Waals surface area contributed by atoms with Crippen LogP contribution in [0.5, 0.6) is 0 Å². The number of rotatable bonds is 2. The van der Waals surface area contributed by atoms with E-state index in [2.05, 4.69) is 10.00 Å². The lowest BCUT2D eigenvalue weighted by molar-refractivity contribution is -0.193. The second kappa shape index (κ2) is 12.1. The fourth-order valence-corrected chi connectivity index (χ4v) is 3.94. The Morgan fingerprint density at radius 2 is 1.30 bits per heavy atom. The molecule has 0 spiro atoms. The summed E-state index contributed by atoms with van der Waals surface area (Å²) < 4.78 is 90.0. The number of nitrogens with zero attached hydrogens (tertiary/aromatic N) is 5.